The van der Waals surface area contributed by atoms with E-state index in [4.69, 9.17) is 4.74 Å². The summed E-state index contributed by atoms with van der Waals surface area (Å²) in [5.74, 6) is -0.586. The third kappa shape index (κ3) is 3.64. The van der Waals surface area contributed by atoms with Crippen molar-refractivity contribution < 1.29 is 18.9 Å². The molecule has 0 aromatic heterocycles. The highest BCUT2D eigenvalue weighted by atomic mass is 31.2. The third-order valence-electron chi connectivity index (χ3n) is 4.02. The predicted octanol–water partition coefficient (Wildman–Crippen LogP) is 3.63. The number of allylic oxidation sites excluding steroid dienone is 1. The van der Waals surface area contributed by atoms with Crippen LogP contribution in [0.2, 0.25) is 0 Å². The van der Waals surface area contributed by atoms with Gasteiger partial charge in [-0.25, -0.2) is 0 Å². The molecule has 0 N–H and O–H groups in total. The average molecular weight is 356 g/mol. The van der Waals surface area contributed by atoms with Crippen molar-refractivity contribution >= 4 is 29.2 Å². The number of hydrogen-bond acceptors (Lipinski definition) is 4. The summed E-state index contributed by atoms with van der Waals surface area (Å²) in [7, 11) is -3.62. The lowest BCUT2D eigenvalue weighted by Gasteiger charge is -2.29. The van der Waals surface area contributed by atoms with Crippen molar-refractivity contribution in [3.63, 3.8) is 0 Å². The Kier molecular flexibility index (Phi) is 5.44. The van der Waals surface area contributed by atoms with E-state index in [1.807, 2.05) is 0 Å². The zero-order valence-corrected chi connectivity index (χ0v) is 15.5. The van der Waals surface area contributed by atoms with Gasteiger partial charge in [0.2, 0.25) is 12.7 Å². The fourth-order valence-electron chi connectivity index (χ4n) is 2.47. The van der Waals surface area contributed by atoms with Gasteiger partial charge in [-0.1, -0.05) is 67.2 Å². The number of benzene rings is 2. The van der Waals surface area contributed by atoms with Gasteiger partial charge in [0.25, 0.3) is 0 Å². The van der Waals surface area contributed by atoms with Crippen LogP contribution in [0.3, 0.4) is 0 Å². The summed E-state index contributed by atoms with van der Waals surface area (Å²) in [6.07, 6.45) is 0. The lowest BCUT2D eigenvalue weighted by Crippen LogP contribution is -2.34. The second-order valence-corrected chi connectivity index (χ2v) is 8.88. The van der Waals surface area contributed by atoms with E-state index in [1.165, 1.54) is 6.92 Å². The zero-order chi connectivity index (χ0) is 18.7. The zero-order valence-electron chi connectivity index (χ0n) is 14.6. The maximum atomic E-state index is 14.0. The highest BCUT2D eigenvalue weighted by Gasteiger charge is 2.46. The summed E-state index contributed by atoms with van der Waals surface area (Å²) in [6.45, 7) is 8.08. The number of ether oxygens (including phenoxy) is 1. The molecule has 2 aromatic carbocycles. The Labute approximate surface area is 147 Å². The van der Waals surface area contributed by atoms with Gasteiger partial charge < -0.3 is 9.30 Å². The molecule has 0 aliphatic rings. The summed E-state index contributed by atoms with van der Waals surface area (Å²) in [5.41, 5.74) is -1.82. The van der Waals surface area contributed by atoms with E-state index < -0.39 is 24.1 Å². The smallest absolute Gasteiger partial charge is 0.307 e. The minimum atomic E-state index is -3.62. The second kappa shape index (κ2) is 7.20. The van der Waals surface area contributed by atoms with Gasteiger partial charge in [0.05, 0.1) is 5.41 Å². The standard InChI is InChI=1S/C20H21O4P/c1-15(24-16(2)21)20(3,4)19(22)25(23,17-11-7-5-8-12-17)18-13-9-6-10-14-18/h5-14H,1H2,2-4H3. The van der Waals surface area contributed by atoms with Gasteiger partial charge in [0.1, 0.15) is 5.76 Å². The molecule has 5 heteroatoms. The maximum absolute atomic E-state index is 14.0. The lowest BCUT2D eigenvalue weighted by atomic mass is 9.93. The van der Waals surface area contributed by atoms with Crippen LogP contribution in [0.15, 0.2) is 73.0 Å². The summed E-state index contributed by atoms with van der Waals surface area (Å²) < 4.78 is 19.0. The van der Waals surface area contributed by atoms with Crippen molar-refractivity contribution in [1.29, 1.82) is 0 Å². The molecule has 0 aliphatic heterocycles. The van der Waals surface area contributed by atoms with E-state index in [1.54, 1.807) is 74.5 Å². The first kappa shape index (κ1) is 18.9. The summed E-state index contributed by atoms with van der Waals surface area (Å²) in [4.78, 5) is 24.6. The van der Waals surface area contributed by atoms with Crippen molar-refractivity contribution in [2.45, 2.75) is 20.8 Å². The molecule has 4 nitrogen and oxygen atoms in total. The van der Waals surface area contributed by atoms with E-state index in [0.29, 0.717) is 10.6 Å². The number of rotatable bonds is 6. The Hall–Kier alpha value is -2.45. The van der Waals surface area contributed by atoms with Crippen LogP contribution in [-0.2, 0) is 18.9 Å². The van der Waals surface area contributed by atoms with Crippen LogP contribution in [-0.4, -0.2) is 11.5 Å². The van der Waals surface area contributed by atoms with Crippen LogP contribution in [0.5, 0.6) is 0 Å². The van der Waals surface area contributed by atoms with Crippen LogP contribution >= 0.6 is 7.14 Å². The molecule has 0 atom stereocenters. The van der Waals surface area contributed by atoms with Crippen molar-refractivity contribution in [3.05, 3.63) is 73.0 Å². The molecule has 130 valence electrons. The molecule has 25 heavy (non-hydrogen) atoms. The Morgan fingerprint density at radius 3 is 1.68 bits per heavy atom. The van der Waals surface area contributed by atoms with Crippen LogP contribution in [0, 0.1) is 5.41 Å². The molecular formula is C20H21O4P. The molecule has 0 spiro atoms. The molecule has 0 amide bonds. The molecule has 0 saturated carbocycles. The fraction of sp³-hybridized carbons (Fsp3) is 0.200. The second-order valence-electron chi connectivity index (χ2n) is 6.23. The van der Waals surface area contributed by atoms with Crippen LogP contribution < -0.4 is 10.6 Å². The monoisotopic (exact) mass is 356 g/mol. The molecule has 0 fully saturated rings. The lowest BCUT2D eigenvalue weighted by molar-refractivity contribution is -0.139. The van der Waals surface area contributed by atoms with E-state index in [-0.39, 0.29) is 5.76 Å². The summed E-state index contributed by atoms with van der Waals surface area (Å²) in [6, 6.07) is 17.3. The van der Waals surface area contributed by atoms with Gasteiger partial charge in [0, 0.05) is 17.5 Å². The normalized spacial score (nSPS) is 11.6. The fourth-order valence-corrected chi connectivity index (χ4v) is 5.34. The van der Waals surface area contributed by atoms with Gasteiger partial charge in [0.15, 0.2) is 0 Å². The highest BCUT2D eigenvalue weighted by molar-refractivity contribution is 7.93. The minimum absolute atomic E-state index is 0.0166. The number of esters is 1. The predicted molar refractivity (Wildman–Crippen MR) is 99.5 cm³/mol. The van der Waals surface area contributed by atoms with Gasteiger partial charge in [-0.2, -0.15) is 0 Å². The van der Waals surface area contributed by atoms with E-state index in [9.17, 15) is 14.2 Å². The van der Waals surface area contributed by atoms with Crippen LogP contribution in [0.25, 0.3) is 0 Å². The van der Waals surface area contributed by atoms with E-state index in [0.717, 1.165) is 0 Å². The first-order chi connectivity index (χ1) is 11.7. The van der Waals surface area contributed by atoms with E-state index >= 15 is 0 Å². The Bertz CT molecular complexity index is 795. The van der Waals surface area contributed by atoms with Gasteiger partial charge in [-0.3, -0.25) is 9.59 Å². The van der Waals surface area contributed by atoms with Crippen molar-refractivity contribution in [3.8, 4) is 0 Å². The molecule has 2 rings (SSSR count). The quantitative estimate of drug-likeness (QED) is 0.450. The SMILES string of the molecule is C=C(OC(C)=O)C(C)(C)C(=O)P(=O)(c1ccccc1)c1ccccc1. The molecule has 0 saturated heterocycles. The first-order valence-corrected chi connectivity index (χ1v) is 9.55. The summed E-state index contributed by atoms with van der Waals surface area (Å²) >= 11 is 0. The van der Waals surface area contributed by atoms with Crippen LogP contribution in [0.1, 0.15) is 20.8 Å². The number of hydrogen-bond donors (Lipinski definition) is 0. The van der Waals surface area contributed by atoms with Gasteiger partial charge in [-0.05, 0) is 13.8 Å². The summed E-state index contributed by atoms with van der Waals surface area (Å²) in [5, 5.41) is 0.879. The topological polar surface area (TPSA) is 60.4 Å². The molecule has 0 aliphatic carbocycles. The van der Waals surface area contributed by atoms with E-state index in [2.05, 4.69) is 6.58 Å². The number of carbonyl (C=O) groups excluding carboxylic acids is 2. The average Bonchev–Trinajstić information content (AvgIpc) is 2.61. The van der Waals surface area contributed by atoms with Crippen molar-refractivity contribution in [1.82, 2.24) is 0 Å². The van der Waals surface area contributed by atoms with Gasteiger partial charge in [-0.15, -0.1) is 0 Å². The third-order valence-corrected chi connectivity index (χ3v) is 7.21. The van der Waals surface area contributed by atoms with Crippen LogP contribution in [0.4, 0.5) is 0 Å². The number of carbonyl (C=O) groups is 2. The molecular weight excluding hydrogens is 335 g/mol. The van der Waals surface area contributed by atoms with Crippen molar-refractivity contribution in [2.75, 3.05) is 0 Å². The van der Waals surface area contributed by atoms with Gasteiger partial charge >= 0.3 is 5.97 Å². The Balaban J connectivity index is 2.61. The molecule has 0 radical (unpaired) electrons. The molecule has 0 heterocycles. The minimum Gasteiger partial charge on any atom is -0.431 e. The molecule has 0 unspecified atom stereocenters. The first-order valence-electron chi connectivity index (χ1n) is 7.84. The van der Waals surface area contributed by atoms with Crippen molar-refractivity contribution in [2.24, 2.45) is 5.41 Å². The molecule has 2 aromatic rings. The maximum Gasteiger partial charge on any atom is 0.307 e. The Morgan fingerprint density at radius 2 is 1.32 bits per heavy atom. The molecule has 0 bridgehead atoms. The Morgan fingerprint density at radius 1 is 0.920 bits per heavy atom. The highest BCUT2D eigenvalue weighted by Crippen LogP contribution is 2.51. The largest absolute Gasteiger partial charge is 0.431 e.